The molecule has 1 saturated heterocycles. The van der Waals surface area contributed by atoms with Crippen molar-refractivity contribution in [2.45, 2.75) is 6.92 Å². The Morgan fingerprint density at radius 1 is 1.15 bits per heavy atom. The summed E-state index contributed by atoms with van der Waals surface area (Å²) in [6.45, 7) is 3.52. The van der Waals surface area contributed by atoms with Gasteiger partial charge in [-0.3, -0.25) is 9.69 Å². The smallest absolute Gasteiger partial charge is 0.325 e. The Labute approximate surface area is 157 Å². The lowest BCUT2D eigenvalue weighted by Gasteiger charge is -2.19. The highest BCUT2D eigenvalue weighted by molar-refractivity contribution is 6.33. The minimum atomic E-state index is -0.278. The summed E-state index contributed by atoms with van der Waals surface area (Å²) in [6, 6.07) is 14.2. The fourth-order valence-electron chi connectivity index (χ4n) is 2.78. The van der Waals surface area contributed by atoms with E-state index in [-0.39, 0.29) is 18.5 Å². The molecule has 0 aliphatic carbocycles. The van der Waals surface area contributed by atoms with Crippen LogP contribution in [-0.2, 0) is 4.79 Å². The standard InChI is InChI=1S/C19H20ClN3O3/c1-2-26-15-9-7-14(8-10-15)23-12-11-22(19(23)25)13-18(24)21-17-6-4-3-5-16(17)20/h3-10H,2,11-13H2,1H3,(H,21,24). The van der Waals surface area contributed by atoms with Crippen LogP contribution < -0.4 is 15.0 Å². The van der Waals surface area contributed by atoms with Crippen molar-refractivity contribution >= 4 is 34.9 Å². The molecule has 0 unspecified atom stereocenters. The van der Waals surface area contributed by atoms with Crippen LogP contribution in [0.2, 0.25) is 5.02 Å². The zero-order valence-electron chi connectivity index (χ0n) is 14.4. The van der Waals surface area contributed by atoms with E-state index in [1.165, 1.54) is 4.90 Å². The maximum Gasteiger partial charge on any atom is 0.325 e. The largest absolute Gasteiger partial charge is 0.494 e. The Kier molecular flexibility index (Phi) is 5.63. The van der Waals surface area contributed by atoms with Gasteiger partial charge in [-0.15, -0.1) is 0 Å². The van der Waals surface area contributed by atoms with Crippen molar-refractivity contribution in [3.05, 3.63) is 53.6 Å². The van der Waals surface area contributed by atoms with Gasteiger partial charge in [0.15, 0.2) is 0 Å². The predicted molar refractivity (Wildman–Crippen MR) is 102 cm³/mol. The van der Waals surface area contributed by atoms with Crippen LogP contribution in [-0.4, -0.2) is 43.1 Å². The summed E-state index contributed by atoms with van der Waals surface area (Å²) in [7, 11) is 0. The second-order valence-corrected chi connectivity index (χ2v) is 6.22. The van der Waals surface area contributed by atoms with Crippen LogP contribution in [0.1, 0.15) is 6.92 Å². The average molecular weight is 374 g/mol. The molecule has 6 nitrogen and oxygen atoms in total. The number of halogens is 1. The summed E-state index contributed by atoms with van der Waals surface area (Å²) in [4.78, 5) is 28.0. The molecular formula is C19H20ClN3O3. The molecule has 1 aliphatic rings. The molecule has 0 radical (unpaired) electrons. The van der Waals surface area contributed by atoms with Crippen LogP contribution in [0.25, 0.3) is 0 Å². The van der Waals surface area contributed by atoms with E-state index in [0.29, 0.717) is 30.4 Å². The maximum atomic E-state index is 12.6. The molecule has 3 rings (SSSR count). The summed E-state index contributed by atoms with van der Waals surface area (Å²) in [5.41, 5.74) is 1.32. The minimum Gasteiger partial charge on any atom is -0.494 e. The summed E-state index contributed by atoms with van der Waals surface area (Å²) in [5.74, 6) is 0.485. The molecule has 1 heterocycles. The van der Waals surface area contributed by atoms with Crippen LogP contribution in [0.4, 0.5) is 16.2 Å². The number of urea groups is 1. The van der Waals surface area contributed by atoms with E-state index in [9.17, 15) is 9.59 Å². The van der Waals surface area contributed by atoms with Gasteiger partial charge in [0, 0.05) is 18.8 Å². The van der Waals surface area contributed by atoms with Crippen LogP contribution in [0, 0.1) is 0 Å². The van der Waals surface area contributed by atoms with Crippen molar-refractivity contribution in [2.24, 2.45) is 0 Å². The van der Waals surface area contributed by atoms with E-state index in [4.69, 9.17) is 16.3 Å². The number of hydrogen-bond donors (Lipinski definition) is 1. The van der Waals surface area contributed by atoms with Gasteiger partial charge in [0.05, 0.1) is 17.3 Å². The number of ether oxygens (including phenoxy) is 1. The van der Waals surface area contributed by atoms with Gasteiger partial charge in [-0.05, 0) is 43.3 Å². The van der Waals surface area contributed by atoms with Crippen molar-refractivity contribution < 1.29 is 14.3 Å². The summed E-state index contributed by atoms with van der Waals surface area (Å²) in [5, 5.41) is 3.20. The lowest BCUT2D eigenvalue weighted by atomic mass is 10.3. The fraction of sp³-hybridized carbons (Fsp3) is 0.263. The molecule has 7 heteroatoms. The molecule has 2 aromatic carbocycles. The zero-order chi connectivity index (χ0) is 18.5. The zero-order valence-corrected chi connectivity index (χ0v) is 15.2. The number of nitrogens with one attached hydrogen (secondary N) is 1. The maximum absolute atomic E-state index is 12.6. The molecule has 1 aliphatic heterocycles. The van der Waals surface area contributed by atoms with E-state index in [1.807, 2.05) is 31.2 Å². The van der Waals surface area contributed by atoms with E-state index in [0.717, 1.165) is 11.4 Å². The molecule has 3 amide bonds. The Morgan fingerprint density at radius 2 is 1.88 bits per heavy atom. The summed E-state index contributed by atoms with van der Waals surface area (Å²) < 4.78 is 5.41. The van der Waals surface area contributed by atoms with Crippen LogP contribution in [0.5, 0.6) is 5.75 Å². The normalized spacial score (nSPS) is 13.8. The number of anilines is 2. The molecule has 0 saturated carbocycles. The van der Waals surface area contributed by atoms with Crippen LogP contribution in [0.3, 0.4) is 0 Å². The van der Waals surface area contributed by atoms with Crippen molar-refractivity contribution in [2.75, 3.05) is 36.5 Å². The third kappa shape index (κ3) is 4.08. The Hall–Kier alpha value is -2.73. The fourth-order valence-corrected chi connectivity index (χ4v) is 2.97. The highest BCUT2D eigenvalue weighted by atomic mass is 35.5. The quantitative estimate of drug-likeness (QED) is 0.841. The number of amides is 3. The lowest BCUT2D eigenvalue weighted by molar-refractivity contribution is -0.116. The number of nitrogens with zero attached hydrogens (tertiary/aromatic N) is 2. The van der Waals surface area contributed by atoms with Gasteiger partial charge in [0.2, 0.25) is 5.91 Å². The average Bonchev–Trinajstić information content (AvgIpc) is 2.98. The topological polar surface area (TPSA) is 61.9 Å². The number of carbonyl (C=O) groups excluding carboxylic acids is 2. The van der Waals surface area contributed by atoms with Crippen molar-refractivity contribution in [1.82, 2.24) is 4.90 Å². The molecule has 0 spiro atoms. The molecule has 1 N–H and O–H groups in total. The number of rotatable bonds is 6. The molecule has 1 fully saturated rings. The molecule has 0 aromatic heterocycles. The Morgan fingerprint density at radius 3 is 2.58 bits per heavy atom. The number of hydrogen-bond acceptors (Lipinski definition) is 3. The third-order valence-corrected chi connectivity index (χ3v) is 4.37. The van der Waals surface area contributed by atoms with Gasteiger partial charge in [0.25, 0.3) is 0 Å². The van der Waals surface area contributed by atoms with Crippen molar-refractivity contribution in [3.63, 3.8) is 0 Å². The molecule has 26 heavy (non-hydrogen) atoms. The van der Waals surface area contributed by atoms with Crippen molar-refractivity contribution in [1.29, 1.82) is 0 Å². The summed E-state index contributed by atoms with van der Waals surface area (Å²) >= 11 is 6.04. The Bertz CT molecular complexity index is 795. The van der Waals surface area contributed by atoms with Gasteiger partial charge >= 0.3 is 6.03 Å². The highest BCUT2D eigenvalue weighted by Gasteiger charge is 2.30. The first-order valence-corrected chi connectivity index (χ1v) is 8.80. The third-order valence-electron chi connectivity index (χ3n) is 4.04. The minimum absolute atomic E-state index is 0.0163. The monoisotopic (exact) mass is 373 g/mol. The van der Waals surface area contributed by atoms with Gasteiger partial charge in [0.1, 0.15) is 12.3 Å². The first kappa shape index (κ1) is 18.1. The van der Waals surface area contributed by atoms with E-state index in [2.05, 4.69) is 5.32 Å². The number of benzene rings is 2. The molecule has 0 bridgehead atoms. The van der Waals surface area contributed by atoms with Crippen LogP contribution in [0.15, 0.2) is 48.5 Å². The SMILES string of the molecule is CCOc1ccc(N2CCN(CC(=O)Nc3ccccc3Cl)C2=O)cc1. The first-order chi connectivity index (χ1) is 12.6. The van der Waals surface area contributed by atoms with Crippen LogP contribution >= 0.6 is 11.6 Å². The van der Waals surface area contributed by atoms with Gasteiger partial charge in [-0.2, -0.15) is 0 Å². The Balaban J connectivity index is 1.60. The second kappa shape index (κ2) is 8.10. The van der Waals surface area contributed by atoms with Gasteiger partial charge < -0.3 is 15.0 Å². The van der Waals surface area contributed by atoms with E-state index in [1.54, 1.807) is 29.2 Å². The number of para-hydroxylation sites is 1. The lowest BCUT2D eigenvalue weighted by Crippen LogP contribution is -2.37. The second-order valence-electron chi connectivity index (χ2n) is 5.81. The van der Waals surface area contributed by atoms with Gasteiger partial charge in [-0.25, -0.2) is 4.79 Å². The summed E-state index contributed by atoms with van der Waals surface area (Å²) in [6.07, 6.45) is 0. The van der Waals surface area contributed by atoms with E-state index < -0.39 is 0 Å². The molecular weight excluding hydrogens is 354 g/mol. The predicted octanol–water partition coefficient (Wildman–Crippen LogP) is 3.62. The van der Waals surface area contributed by atoms with E-state index >= 15 is 0 Å². The number of carbonyl (C=O) groups is 2. The molecule has 0 atom stereocenters. The molecule has 2 aromatic rings. The first-order valence-electron chi connectivity index (χ1n) is 8.42. The molecule has 136 valence electrons. The van der Waals surface area contributed by atoms with Crippen molar-refractivity contribution in [3.8, 4) is 5.75 Å². The highest BCUT2D eigenvalue weighted by Crippen LogP contribution is 2.24. The van der Waals surface area contributed by atoms with Gasteiger partial charge in [-0.1, -0.05) is 23.7 Å².